The maximum absolute atomic E-state index is 14.2. The summed E-state index contributed by atoms with van der Waals surface area (Å²) in [5.41, 5.74) is 0.904. The first kappa shape index (κ1) is 30.8. The second-order valence-corrected chi connectivity index (χ2v) is 11.0. The first-order valence-electron chi connectivity index (χ1n) is 13.8. The number of carbonyl (C=O) groups excluding carboxylic acids is 1. The van der Waals surface area contributed by atoms with E-state index in [1.165, 1.54) is 0 Å². The van der Waals surface area contributed by atoms with E-state index in [0.29, 0.717) is 65.4 Å². The zero-order valence-electron chi connectivity index (χ0n) is 23.3. The Morgan fingerprint density at radius 3 is 2.49 bits per heavy atom. The number of benzene rings is 3. The van der Waals surface area contributed by atoms with Crippen LogP contribution in [0.5, 0.6) is 5.75 Å². The molecule has 1 aliphatic rings. The highest BCUT2D eigenvalue weighted by Gasteiger charge is 2.53. The molecule has 7 nitrogen and oxygen atoms in total. The van der Waals surface area contributed by atoms with Crippen molar-refractivity contribution in [3.8, 4) is 5.75 Å². The fourth-order valence-electron chi connectivity index (χ4n) is 4.63. The van der Waals surface area contributed by atoms with Gasteiger partial charge >= 0.3 is 0 Å². The minimum absolute atomic E-state index is 0.0632. The maximum Gasteiger partial charge on any atom is 0.252 e. The largest absolute Gasteiger partial charge is 0.494 e. The van der Waals surface area contributed by atoms with Crippen LogP contribution in [0.3, 0.4) is 0 Å². The molecule has 3 aromatic carbocycles. The van der Waals surface area contributed by atoms with E-state index in [1.807, 2.05) is 68.4 Å². The number of amides is 1. The van der Waals surface area contributed by atoms with Gasteiger partial charge in [-0.15, -0.1) is 0 Å². The van der Waals surface area contributed by atoms with Crippen molar-refractivity contribution < 1.29 is 24.1 Å². The van der Waals surface area contributed by atoms with Crippen molar-refractivity contribution in [2.24, 2.45) is 4.99 Å². The Morgan fingerprint density at radius 1 is 1.05 bits per heavy atom. The van der Waals surface area contributed by atoms with Crippen molar-refractivity contribution in [1.29, 1.82) is 0 Å². The number of rotatable bonds is 14. The Kier molecular flexibility index (Phi) is 11.1. The van der Waals surface area contributed by atoms with Crippen LogP contribution >= 0.6 is 23.2 Å². The predicted molar refractivity (Wildman–Crippen MR) is 162 cm³/mol. The van der Waals surface area contributed by atoms with Crippen LogP contribution in [-0.2, 0) is 20.7 Å². The summed E-state index contributed by atoms with van der Waals surface area (Å²) in [7, 11) is 0. The first-order chi connectivity index (χ1) is 19.8. The van der Waals surface area contributed by atoms with Gasteiger partial charge in [0.2, 0.25) is 5.90 Å². The summed E-state index contributed by atoms with van der Waals surface area (Å²) < 4.78 is 17.8. The lowest BCUT2D eigenvalue weighted by Crippen LogP contribution is -2.50. The highest BCUT2D eigenvalue weighted by molar-refractivity contribution is 6.35. The summed E-state index contributed by atoms with van der Waals surface area (Å²) in [5.74, 6) is 0.730. The van der Waals surface area contributed by atoms with Crippen molar-refractivity contribution in [3.63, 3.8) is 0 Å². The lowest BCUT2D eigenvalue weighted by Gasteiger charge is -2.31. The molecule has 218 valence electrons. The van der Waals surface area contributed by atoms with Crippen LogP contribution in [0, 0.1) is 0 Å². The summed E-state index contributed by atoms with van der Waals surface area (Å²) in [6.07, 6.45) is 0.801. The highest BCUT2D eigenvalue weighted by Crippen LogP contribution is 2.45. The van der Waals surface area contributed by atoms with Crippen LogP contribution in [-0.4, -0.2) is 54.9 Å². The molecule has 0 bridgehead atoms. The van der Waals surface area contributed by atoms with Gasteiger partial charge in [0.15, 0.2) is 11.6 Å². The van der Waals surface area contributed by atoms with Gasteiger partial charge in [-0.05, 0) is 62.2 Å². The van der Waals surface area contributed by atoms with Gasteiger partial charge in [0, 0.05) is 53.8 Å². The lowest BCUT2D eigenvalue weighted by molar-refractivity contribution is -0.129. The molecular weight excluding hydrogens is 563 g/mol. The van der Waals surface area contributed by atoms with Crippen LogP contribution in [0.1, 0.15) is 49.5 Å². The van der Waals surface area contributed by atoms with E-state index in [2.05, 4.69) is 5.32 Å². The average Bonchev–Trinajstić information content (AvgIpc) is 3.33. The van der Waals surface area contributed by atoms with E-state index >= 15 is 0 Å². The van der Waals surface area contributed by atoms with Gasteiger partial charge in [-0.2, -0.15) is 0 Å². The molecule has 1 aliphatic heterocycles. The molecule has 41 heavy (non-hydrogen) atoms. The monoisotopic (exact) mass is 598 g/mol. The van der Waals surface area contributed by atoms with Crippen molar-refractivity contribution in [3.05, 3.63) is 99.5 Å². The molecule has 0 spiro atoms. The molecule has 0 radical (unpaired) electrons. The third kappa shape index (κ3) is 8.01. The molecule has 1 amide bonds. The molecule has 0 aliphatic carbocycles. The number of aliphatic imine (C=N–C) groups is 1. The zero-order chi connectivity index (χ0) is 29.2. The number of hydrogen-bond donors (Lipinski definition) is 2. The van der Waals surface area contributed by atoms with Crippen LogP contribution in [0.2, 0.25) is 10.0 Å². The van der Waals surface area contributed by atoms with Gasteiger partial charge < -0.3 is 24.6 Å². The fraction of sp³-hybridized carbons (Fsp3) is 0.375. The minimum Gasteiger partial charge on any atom is -0.494 e. The standard InChI is InChI=1S/C32H36Cl2N2O5/c1-22(2)39-18-6-16-35-31(38)32(21-23-8-4-3-5-9-23)29(27-15-12-25(33)20-28(27)34)41-30(36-32)24-10-13-26(14-11-24)40-19-7-17-37/h3-5,8-15,20,22,29,37H,6-7,16-19,21H2,1-2H3,(H,35,38)/t29-,32-/m1/s1. The first-order valence-corrected chi connectivity index (χ1v) is 14.6. The maximum atomic E-state index is 14.2. The number of aliphatic hydroxyl groups excluding tert-OH is 1. The second kappa shape index (κ2) is 14.7. The number of carbonyl (C=O) groups is 1. The predicted octanol–water partition coefficient (Wildman–Crippen LogP) is 6.19. The normalized spacial score (nSPS) is 18.2. The Balaban J connectivity index is 1.72. The number of aliphatic hydroxyl groups is 1. The van der Waals surface area contributed by atoms with E-state index < -0.39 is 11.6 Å². The van der Waals surface area contributed by atoms with Crippen LogP contribution in [0.25, 0.3) is 0 Å². The number of hydrogen-bond acceptors (Lipinski definition) is 6. The smallest absolute Gasteiger partial charge is 0.252 e. The van der Waals surface area contributed by atoms with Gasteiger partial charge in [0.25, 0.3) is 5.91 Å². The molecule has 9 heteroatoms. The molecule has 0 unspecified atom stereocenters. The van der Waals surface area contributed by atoms with Crippen LogP contribution in [0.15, 0.2) is 77.8 Å². The summed E-state index contributed by atoms with van der Waals surface area (Å²) in [5, 5.41) is 13.0. The second-order valence-electron chi connectivity index (χ2n) is 10.1. The van der Waals surface area contributed by atoms with E-state index in [0.717, 1.165) is 5.56 Å². The quantitative estimate of drug-likeness (QED) is 0.216. The molecule has 2 atom stereocenters. The summed E-state index contributed by atoms with van der Waals surface area (Å²) >= 11 is 12.9. The van der Waals surface area contributed by atoms with E-state index in [1.54, 1.807) is 18.2 Å². The Morgan fingerprint density at radius 2 is 1.80 bits per heavy atom. The number of nitrogens with one attached hydrogen (secondary N) is 1. The van der Waals surface area contributed by atoms with E-state index in [4.69, 9.17) is 47.5 Å². The Bertz CT molecular complexity index is 1320. The lowest BCUT2D eigenvalue weighted by atomic mass is 9.82. The van der Waals surface area contributed by atoms with E-state index in [-0.39, 0.29) is 25.0 Å². The molecular formula is C32H36Cl2N2O5. The summed E-state index contributed by atoms with van der Waals surface area (Å²) in [4.78, 5) is 19.2. The molecule has 0 aromatic heterocycles. The van der Waals surface area contributed by atoms with Gasteiger partial charge in [-0.3, -0.25) is 4.79 Å². The molecule has 0 saturated heterocycles. The third-order valence-corrected chi connectivity index (χ3v) is 7.21. The molecule has 3 aromatic rings. The van der Waals surface area contributed by atoms with Crippen molar-refractivity contribution in [2.75, 3.05) is 26.4 Å². The highest BCUT2D eigenvalue weighted by atomic mass is 35.5. The number of halogens is 2. The Labute approximate surface area is 251 Å². The van der Waals surface area contributed by atoms with E-state index in [9.17, 15) is 4.79 Å². The van der Waals surface area contributed by atoms with Crippen molar-refractivity contribution >= 4 is 35.0 Å². The minimum atomic E-state index is -1.34. The molecule has 0 fully saturated rings. The zero-order valence-corrected chi connectivity index (χ0v) is 24.8. The van der Waals surface area contributed by atoms with Crippen molar-refractivity contribution in [2.45, 2.75) is 50.9 Å². The topological polar surface area (TPSA) is 89.4 Å². The Hall–Kier alpha value is -3.10. The van der Waals surface area contributed by atoms with Gasteiger partial charge in [0.05, 0.1) is 12.7 Å². The fourth-order valence-corrected chi connectivity index (χ4v) is 5.13. The average molecular weight is 600 g/mol. The summed E-state index contributed by atoms with van der Waals surface area (Å²) in [6.45, 7) is 5.39. The molecule has 1 heterocycles. The van der Waals surface area contributed by atoms with Gasteiger partial charge in [-0.25, -0.2) is 4.99 Å². The molecule has 2 N–H and O–H groups in total. The molecule has 4 rings (SSSR count). The number of ether oxygens (including phenoxy) is 3. The summed E-state index contributed by atoms with van der Waals surface area (Å²) in [6, 6.07) is 22.2. The molecule has 0 saturated carbocycles. The SMILES string of the molecule is CC(C)OCCCNC(=O)[C@]1(Cc2ccccc2)N=C(c2ccc(OCCCO)cc2)O[C@@H]1c1ccc(Cl)cc1Cl. The van der Waals surface area contributed by atoms with Crippen LogP contribution in [0.4, 0.5) is 0 Å². The third-order valence-electron chi connectivity index (χ3n) is 6.65. The number of nitrogens with zero attached hydrogens (tertiary/aromatic N) is 1. The van der Waals surface area contributed by atoms with Gasteiger partial charge in [-0.1, -0.05) is 59.6 Å². The van der Waals surface area contributed by atoms with Crippen molar-refractivity contribution in [1.82, 2.24) is 5.32 Å². The van der Waals surface area contributed by atoms with Crippen LogP contribution < -0.4 is 10.1 Å². The van der Waals surface area contributed by atoms with Gasteiger partial charge in [0.1, 0.15) is 5.75 Å².